The molecule has 0 aliphatic rings. The van der Waals surface area contributed by atoms with E-state index in [0.29, 0.717) is 18.9 Å². The fraction of sp³-hybridized carbons (Fsp3) is 0.562. The maximum atomic E-state index is 12.0. The van der Waals surface area contributed by atoms with Gasteiger partial charge < -0.3 is 11.1 Å². The maximum Gasteiger partial charge on any atom is 0.220 e. The van der Waals surface area contributed by atoms with Crippen LogP contribution in [0, 0.1) is 12.8 Å². The first kappa shape index (κ1) is 15.7. The molecule has 3 nitrogen and oxygen atoms in total. The van der Waals surface area contributed by atoms with Gasteiger partial charge in [-0.2, -0.15) is 0 Å². The van der Waals surface area contributed by atoms with Gasteiger partial charge in [0, 0.05) is 12.5 Å². The zero-order valence-electron chi connectivity index (χ0n) is 12.3. The van der Waals surface area contributed by atoms with Crippen molar-refractivity contribution in [1.82, 2.24) is 5.32 Å². The van der Waals surface area contributed by atoms with Crippen molar-refractivity contribution in [3.8, 4) is 0 Å². The first-order valence-corrected chi connectivity index (χ1v) is 7.08. The van der Waals surface area contributed by atoms with Gasteiger partial charge in [-0.05, 0) is 43.4 Å². The summed E-state index contributed by atoms with van der Waals surface area (Å²) in [7, 11) is 0. The smallest absolute Gasteiger partial charge is 0.220 e. The summed E-state index contributed by atoms with van der Waals surface area (Å²) < 4.78 is 0. The summed E-state index contributed by atoms with van der Waals surface area (Å²) in [6, 6.07) is 8.40. The van der Waals surface area contributed by atoms with Crippen LogP contribution in [0.15, 0.2) is 24.3 Å². The number of hydrogen-bond donors (Lipinski definition) is 2. The number of carbonyl (C=O) groups excluding carboxylic acids is 1. The van der Waals surface area contributed by atoms with E-state index in [-0.39, 0.29) is 11.9 Å². The number of rotatable bonds is 7. The topological polar surface area (TPSA) is 55.1 Å². The predicted octanol–water partition coefficient (Wildman–Crippen LogP) is 2.42. The molecule has 0 aliphatic heterocycles. The van der Waals surface area contributed by atoms with Gasteiger partial charge in [0.05, 0.1) is 0 Å². The van der Waals surface area contributed by atoms with Gasteiger partial charge in [-0.15, -0.1) is 0 Å². The Kier molecular flexibility index (Phi) is 6.57. The van der Waals surface area contributed by atoms with Crippen LogP contribution in [0.1, 0.15) is 37.8 Å². The van der Waals surface area contributed by atoms with Crippen LogP contribution >= 0.6 is 0 Å². The molecule has 0 radical (unpaired) electrons. The molecule has 1 aromatic rings. The summed E-state index contributed by atoms with van der Waals surface area (Å²) >= 11 is 0. The Morgan fingerprint density at radius 2 is 2.00 bits per heavy atom. The van der Waals surface area contributed by atoms with Crippen LogP contribution in [0.2, 0.25) is 0 Å². The largest absolute Gasteiger partial charge is 0.353 e. The normalized spacial score (nSPS) is 12.5. The molecule has 3 N–H and O–H groups in total. The van der Waals surface area contributed by atoms with Crippen LogP contribution in [0.5, 0.6) is 0 Å². The lowest BCUT2D eigenvalue weighted by molar-refractivity contribution is -0.122. The molecule has 19 heavy (non-hydrogen) atoms. The lowest BCUT2D eigenvalue weighted by Gasteiger charge is -2.21. The summed E-state index contributed by atoms with van der Waals surface area (Å²) in [5.74, 6) is 0.543. The highest BCUT2D eigenvalue weighted by atomic mass is 16.1. The number of carbonyl (C=O) groups is 1. The van der Waals surface area contributed by atoms with Gasteiger partial charge in [0.1, 0.15) is 0 Å². The molecule has 106 valence electrons. The standard InChI is InChI=1S/C16H26N2O/c1-12(2)15(10-11-17)18-16(19)9-8-14-7-5-4-6-13(14)3/h4-7,12,15H,8-11,17H2,1-3H3,(H,18,19). The number of nitrogens with one attached hydrogen (secondary N) is 1. The Labute approximate surface area is 116 Å². The minimum absolute atomic E-state index is 0.121. The Hall–Kier alpha value is -1.35. The fourth-order valence-electron chi connectivity index (χ4n) is 2.17. The van der Waals surface area contributed by atoms with Crippen LogP contribution < -0.4 is 11.1 Å². The lowest BCUT2D eigenvalue weighted by Crippen LogP contribution is -2.40. The molecule has 0 heterocycles. The lowest BCUT2D eigenvalue weighted by atomic mass is 10.00. The highest BCUT2D eigenvalue weighted by Gasteiger charge is 2.15. The Balaban J connectivity index is 2.45. The van der Waals surface area contributed by atoms with Crippen molar-refractivity contribution >= 4 is 5.91 Å². The molecular formula is C16H26N2O. The summed E-state index contributed by atoms with van der Waals surface area (Å²) in [5.41, 5.74) is 8.07. The molecular weight excluding hydrogens is 236 g/mol. The SMILES string of the molecule is Cc1ccccc1CCC(=O)NC(CCN)C(C)C. The van der Waals surface area contributed by atoms with Crippen molar-refractivity contribution < 1.29 is 4.79 Å². The maximum absolute atomic E-state index is 12.0. The number of hydrogen-bond acceptors (Lipinski definition) is 2. The third-order valence-corrected chi connectivity index (χ3v) is 3.51. The number of benzene rings is 1. The summed E-state index contributed by atoms with van der Waals surface area (Å²) in [5, 5.41) is 3.09. The zero-order valence-corrected chi connectivity index (χ0v) is 12.3. The quantitative estimate of drug-likeness (QED) is 0.793. The van der Waals surface area contributed by atoms with Gasteiger partial charge in [0.15, 0.2) is 0 Å². The molecule has 1 atom stereocenters. The highest BCUT2D eigenvalue weighted by molar-refractivity contribution is 5.76. The molecule has 0 aromatic heterocycles. The molecule has 0 spiro atoms. The minimum atomic E-state index is 0.121. The zero-order chi connectivity index (χ0) is 14.3. The predicted molar refractivity (Wildman–Crippen MR) is 79.9 cm³/mol. The van der Waals surface area contributed by atoms with Gasteiger partial charge in [-0.25, -0.2) is 0 Å². The molecule has 1 unspecified atom stereocenters. The Bertz CT molecular complexity index is 401. The van der Waals surface area contributed by atoms with Crippen molar-refractivity contribution in [2.45, 2.75) is 46.1 Å². The number of nitrogens with two attached hydrogens (primary N) is 1. The summed E-state index contributed by atoms with van der Waals surface area (Å²) in [6.07, 6.45) is 2.18. The third-order valence-electron chi connectivity index (χ3n) is 3.51. The Morgan fingerprint density at radius 1 is 1.32 bits per heavy atom. The van der Waals surface area contributed by atoms with E-state index in [1.807, 2.05) is 12.1 Å². The van der Waals surface area contributed by atoms with Crippen LogP contribution in [0.4, 0.5) is 0 Å². The van der Waals surface area contributed by atoms with Crippen molar-refractivity contribution in [1.29, 1.82) is 0 Å². The molecule has 0 saturated carbocycles. The van der Waals surface area contributed by atoms with Crippen LogP contribution in [0.3, 0.4) is 0 Å². The van der Waals surface area contributed by atoms with Gasteiger partial charge in [-0.1, -0.05) is 38.1 Å². The number of amides is 1. The van der Waals surface area contributed by atoms with Gasteiger partial charge >= 0.3 is 0 Å². The van der Waals surface area contributed by atoms with Crippen molar-refractivity contribution in [3.63, 3.8) is 0 Å². The molecule has 1 aromatic carbocycles. The van der Waals surface area contributed by atoms with Gasteiger partial charge in [-0.3, -0.25) is 4.79 Å². The molecule has 1 rings (SSSR count). The van der Waals surface area contributed by atoms with E-state index in [2.05, 4.69) is 38.2 Å². The van der Waals surface area contributed by atoms with E-state index in [1.165, 1.54) is 11.1 Å². The van der Waals surface area contributed by atoms with Crippen LogP contribution in [-0.4, -0.2) is 18.5 Å². The van der Waals surface area contributed by atoms with E-state index in [4.69, 9.17) is 5.73 Å². The average molecular weight is 262 g/mol. The van der Waals surface area contributed by atoms with E-state index < -0.39 is 0 Å². The minimum Gasteiger partial charge on any atom is -0.353 e. The molecule has 0 aliphatic carbocycles. The second kappa shape index (κ2) is 7.95. The van der Waals surface area contributed by atoms with Gasteiger partial charge in [0.25, 0.3) is 0 Å². The van der Waals surface area contributed by atoms with Crippen molar-refractivity contribution in [2.75, 3.05) is 6.54 Å². The summed E-state index contributed by atoms with van der Waals surface area (Å²) in [6.45, 7) is 6.92. The molecule has 0 bridgehead atoms. The fourth-order valence-corrected chi connectivity index (χ4v) is 2.17. The second-order valence-electron chi connectivity index (χ2n) is 5.42. The van der Waals surface area contributed by atoms with E-state index in [1.54, 1.807) is 0 Å². The van der Waals surface area contributed by atoms with E-state index in [0.717, 1.165) is 12.8 Å². The average Bonchev–Trinajstić information content (AvgIpc) is 2.37. The first-order valence-electron chi connectivity index (χ1n) is 7.08. The number of aryl methyl sites for hydroxylation is 2. The van der Waals surface area contributed by atoms with Crippen LogP contribution in [0.25, 0.3) is 0 Å². The Morgan fingerprint density at radius 3 is 2.58 bits per heavy atom. The van der Waals surface area contributed by atoms with Crippen molar-refractivity contribution in [3.05, 3.63) is 35.4 Å². The monoisotopic (exact) mass is 262 g/mol. The highest BCUT2D eigenvalue weighted by Crippen LogP contribution is 2.10. The second-order valence-corrected chi connectivity index (χ2v) is 5.42. The third kappa shape index (κ3) is 5.43. The van der Waals surface area contributed by atoms with Crippen molar-refractivity contribution in [2.24, 2.45) is 11.7 Å². The molecule has 0 saturated heterocycles. The molecule has 0 fully saturated rings. The first-order chi connectivity index (χ1) is 9.04. The molecule has 1 amide bonds. The summed E-state index contributed by atoms with van der Waals surface area (Å²) in [4.78, 5) is 12.0. The van der Waals surface area contributed by atoms with Gasteiger partial charge in [0.2, 0.25) is 5.91 Å². The van der Waals surface area contributed by atoms with Crippen LogP contribution in [-0.2, 0) is 11.2 Å². The van der Waals surface area contributed by atoms with E-state index in [9.17, 15) is 4.79 Å². The van der Waals surface area contributed by atoms with E-state index >= 15 is 0 Å². The molecule has 3 heteroatoms.